The van der Waals surface area contributed by atoms with E-state index in [-0.39, 0.29) is 17.6 Å². The molecule has 1 amide bonds. The number of benzene rings is 1. The molecule has 5 heteroatoms. The Hall–Kier alpha value is -1.75. The summed E-state index contributed by atoms with van der Waals surface area (Å²) >= 11 is 1.56. The monoisotopic (exact) mass is 320 g/mol. The van der Waals surface area contributed by atoms with Gasteiger partial charge in [0.15, 0.2) is 0 Å². The van der Waals surface area contributed by atoms with Gasteiger partial charge in [0.05, 0.1) is 11.2 Å². The van der Waals surface area contributed by atoms with E-state index < -0.39 is 0 Å². The van der Waals surface area contributed by atoms with Crippen LogP contribution in [0.4, 0.5) is 4.39 Å². The minimum atomic E-state index is -0.251. The molecular weight excluding hydrogens is 299 g/mol. The van der Waals surface area contributed by atoms with Crippen LogP contribution in [0.2, 0.25) is 0 Å². The van der Waals surface area contributed by atoms with Gasteiger partial charge in [-0.2, -0.15) is 0 Å². The van der Waals surface area contributed by atoms with E-state index in [1.165, 1.54) is 12.1 Å². The molecular formula is C17H21FN2OS. The van der Waals surface area contributed by atoms with Gasteiger partial charge in [-0.15, -0.1) is 11.3 Å². The highest BCUT2D eigenvalue weighted by Gasteiger charge is 2.19. The van der Waals surface area contributed by atoms with Crippen LogP contribution in [-0.2, 0) is 11.2 Å². The number of nitrogens with one attached hydrogen (secondary N) is 1. The fourth-order valence-electron chi connectivity index (χ4n) is 2.41. The molecule has 1 heterocycles. The van der Waals surface area contributed by atoms with Gasteiger partial charge in [-0.1, -0.05) is 26.0 Å². The van der Waals surface area contributed by atoms with E-state index in [1.54, 1.807) is 29.0 Å². The van der Waals surface area contributed by atoms with Crippen LogP contribution in [0.5, 0.6) is 0 Å². The predicted molar refractivity (Wildman–Crippen MR) is 87.4 cm³/mol. The van der Waals surface area contributed by atoms with Gasteiger partial charge in [0.25, 0.3) is 0 Å². The molecule has 3 nitrogen and oxygen atoms in total. The molecule has 0 saturated carbocycles. The number of carbonyl (C=O) groups excluding carboxylic acids is 1. The van der Waals surface area contributed by atoms with E-state index in [0.717, 1.165) is 17.7 Å². The largest absolute Gasteiger partial charge is 0.356 e. The van der Waals surface area contributed by atoms with Crippen LogP contribution in [0.25, 0.3) is 0 Å². The first kappa shape index (κ1) is 16.6. The predicted octanol–water partition coefficient (Wildman–Crippen LogP) is 3.77. The number of carbonyl (C=O) groups is 1. The second-order valence-corrected chi connectivity index (χ2v) is 6.40. The lowest BCUT2D eigenvalue weighted by molar-refractivity contribution is -0.121. The topological polar surface area (TPSA) is 42.0 Å². The average Bonchev–Trinajstić information content (AvgIpc) is 2.99. The Balaban J connectivity index is 1.87. The van der Waals surface area contributed by atoms with Gasteiger partial charge in [0.2, 0.25) is 5.91 Å². The van der Waals surface area contributed by atoms with Crippen LogP contribution >= 0.6 is 11.3 Å². The van der Waals surface area contributed by atoms with Crippen molar-refractivity contribution in [2.45, 2.75) is 32.6 Å². The number of aromatic nitrogens is 1. The summed E-state index contributed by atoms with van der Waals surface area (Å²) in [6, 6.07) is 6.43. The number of rotatable bonds is 7. The number of hydrogen-bond acceptors (Lipinski definition) is 3. The van der Waals surface area contributed by atoms with Crippen molar-refractivity contribution in [3.63, 3.8) is 0 Å². The molecule has 2 rings (SSSR count). The van der Waals surface area contributed by atoms with Gasteiger partial charge >= 0.3 is 0 Å². The maximum atomic E-state index is 13.0. The molecule has 0 aliphatic heterocycles. The molecule has 1 aromatic carbocycles. The van der Waals surface area contributed by atoms with Gasteiger partial charge in [-0.05, 0) is 29.5 Å². The molecule has 22 heavy (non-hydrogen) atoms. The fraction of sp³-hybridized carbons (Fsp3) is 0.412. The minimum Gasteiger partial charge on any atom is -0.356 e. The van der Waals surface area contributed by atoms with E-state index in [1.807, 2.05) is 5.38 Å². The van der Waals surface area contributed by atoms with Crippen LogP contribution < -0.4 is 5.32 Å². The lowest BCUT2D eigenvalue weighted by Gasteiger charge is -2.21. The van der Waals surface area contributed by atoms with Crippen molar-refractivity contribution in [3.8, 4) is 0 Å². The SMILES string of the molecule is CC(C)C(CC(=O)NCCc1cscn1)c1ccc(F)cc1. The van der Waals surface area contributed by atoms with Crippen molar-refractivity contribution in [2.75, 3.05) is 6.54 Å². The molecule has 1 aromatic heterocycles. The number of amides is 1. The summed E-state index contributed by atoms with van der Waals surface area (Å²) in [5, 5.41) is 4.93. The molecule has 0 radical (unpaired) electrons. The summed E-state index contributed by atoms with van der Waals surface area (Å²) in [7, 11) is 0. The second-order valence-electron chi connectivity index (χ2n) is 5.69. The lowest BCUT2D eigenvalue weighted by Crippen LogP contribution is -2.28. The van der Waals surface area contributed by atoms with Crippen molar-refractivity contribution in [1.29, 1.82) is 0 Å². The highest BCUT2D eigenvalue weighted by molar-refractivity contribution is 7.07. The Morgan fingerprint density at radius 1 is 1.32 bits per heavy atom. The Labute approximate surface area is 134 Å². The quantitative estimate of drug-likeness (QED) is 0.844. The third kappa shape index (κ3) is 4.91. The lowest BCUT2D eigenvalue weighted by atomic mass is 9.85. The minimum absolute atomic E-state index is 0.0262. The van der Waals surface area contributed by atoms with Gasteiger partial charge in [0, 0.05) is 24.8 Å². The normalized spacial score (nSPS) is 12.4. The van der Waals surface area contributed by atoms with Crippen LogP contribution in [0.1, 0.15) is 37.4 Å². The molecule has 0 aliphatic rings. The van der Waals surface area contributed by atoms with Crippen molar-refractivity contribution in [1.82, 2.24) is 10.3 Å². The highest BCUT2D eigenvalue weighted by Crippen LogP contribution is 2.27. The molecule has 1 unspecified atom stereocenters. The Kier molecular flexibility index (Phi) is 6.07. The van der Waals surface area contributed by atoms with Crippen molar-refractivity contribution in [3.05, 3.63) is 52.2 Å². The summed E-state index contributed by atoms with van der Waals surface area (Å²) < 4.78 is 13.0. The summed E-state index contributed by atoms with van der Waals surface area (Å²) in [6.07, 6.45) is 1.17. The van der Waals surface area contributed by atoms with E-state index >= 15 is 0 Å². The number of thiazole rings is 1. The van der Waals surface area contributed by atoms with Crippen molar-refractivity contribution < 1.29 is 9.18 Å². The van der Waals surface area contributed by atoms with Crippen LogP contribution in [-0.4, -0.2) is 17.4 Å². The van der Waals surface area contributed by atoms with Gasteiger partial charge in [0.1, 0.15) is 5.82 Å². The summed E-state index contributed by atoms with van der Waals surface area (Å²) in [5.41, 5.74) is 3.80. The van der Waals surface area contributed by atoms with Crippen LogP contribution in [0.15, 0.2) is 35.2 Å². The number of nitrogens with zero attached hydrogens (tertiary/aromatic N) is 1. The van der Waals surface area contributed by atoms with Crippen LogP contribution in [0.3, 0.4) is 0 Å². The Morgan fingerprint density at radius 3 is 2.64 bits per heavy atom. The summed E-state index contributed by atoms with van der Waals surface area (Å²) in [4.78, 5) is 16.3. The Bertz CT molecular complexity index is 581. The molecule has 0 bridgehead atoms. The average molecular weight is 320 g/mol. The molecule has 1 atom stereocenters. The zero-order chi connectivity index (χ0) is 15.9. The van der Waals surface area contributed by atoms with Gasteiger partial charge < -0.3 is 5.32 Å². The molecule has 118 valence electrons. The molecule has 1 N–H and O–H groups in total. The maximum Gasteiger partial charge on any atom is 0.220 e. The first-order valence-corrected chi connectivity index (χ1v) is 8.39. The third-order valence-electron chi connectivity index (χ3n) is 3.69. The molecule has 0 spiro atoms. The third-order valence-corrected chi connectivity index (χ3v) is 4.33. The Morgan fingerprint density at radius 2 is 2.05 bits per heavy atom. The van der Waals surface area contributed by atoms with Gasteiger partial charge in [-0.25, -0.2) is 9.37 Å². The van der Waals surface area contributed by atoms with E-state index in [4.69, 9.17) is 0 Å². The molecule has 0 saturated heterocycles. The van der Waals surface area contributed by atoms with E-state index in [0.29, 0.717) is 18.9 Å². The van der Waals surface area contributed by atoms with Gasteiger partial charge in [-0.3, -0.25) is 4.79 Å². The van der Waals surface area contributed by atoms with E-state index in [9.17, 15) is 9.18 Å². The highest BCUT2D eigenvalue weighted by atomic mass is 32.1. The summed E-state index contributed by atoms with van der Waals surface area (Å²) in [5.74, 6) is 0.187. The smallest absolute Gasteiger partial charge is 0.220 e. The molecule has 0 fully saturated rings. The van der Waals surface area contributed by atoms with Crippen molar-refractivity contribution >= 4 is 17.2 Å². The number of hydrogen-bond donors (Lipinski definition) is 1. The van der Waals surface area contributed by atoms with E-state index in [2.05, 4.69) is 24.1 Å². The zero-order valence-corrected chi connectivity index (χ0v) is 13.7. The second kappa shape index (κ2) is 8.03. The van der Waals surface area contributed by atoms with Crippen LogP contribution in [0, 0.1) is 11.7 Å². The zero-order valence-electron chi connectivity index (χ0n) is 12.9. The fourth-order valence-corrected chi connectivity index (χ4v) is 3.00. The first-order chi connectivity index (χ1) is 10.6. The molecule has 2 aromatic rings. The van der Waals surface area contributed by atoms with Crippen molar-refractivity contribution in [2.24, 2.45) is 5.92 Å². The first-order valence-electron chi connectivity index (χ1n) is 7.45. The standard InChI is InChI=1S/C17H21FN2OS/c1-12(2)16(13-3-5-14(18)6-4-13)9-17(21)19-8-7-15-10-22-11-20-15/h3-6,10-12,16H,7-9H2,1-2H3,(H,19,21). The summed E-state index contributed by atoms with van der Waals surface area (Å²) in [6.45, 7) is 4.75. The molecule has 0 aliphatic carbocycles. The maximum absolute atomic E-state index is 13.0. The number of halogens is 1.